The summed E-state index contributed by atoms with van der Waals surface area (Å²) in [5.74, 6) is 2.26. The second-order valence-corrected chi connectivity index (χ2v) is 5.43. The van der Waals surface area contributed by atoms with Crippen molar-refractivity contribution in [3.05, 3.63) is 18.2 Å². The fraction of sp³-hybridized carbons (Fsp3) is 0.500. The van der Waals surface area contributed by atoms with E-state index >= 15 is 0 Å². The SMILES string of the molecule is COc1ccc(N)cc1-c1nnnn1C(C)CC1CC1. The summed E-state index contributed by atoms with van der Waals surface area (Å²) in [6, 6.07) is 5.78. The van der Waals surface area contributed by atoms with Gasteiger partial charge in [0.2, 0.25) is 0 Å². The number of anilines is 1. The normalized spacial score (nSPS) is 16.1. The van der Waals surface area contributed by atoms with Gasteiger partial charge in [-0.1, -0.05) is 12.8 Å². The molecule has 0 bridgehead atoms. The summed E-state index contributed by atoms with van der Waals surface area (Å²) < 4.78 is 7.26. The zero-order valence-electron chi connectivity index (χ0n) is 11.8. The fourth-order valence-corrected chi connectivity index (χ4v) is 2.50. The Balaban J connectivity index is 1.97. The zero-order valence-corrected chi connectivity index (χ0v) is 11.8. The van der Waals surface area contributed by atoms with E-state index in [9.17, 15) is 0 Å². The van der Waals surface area contributed by atoms with Crippen molar-refractivity contribution in [1.82, 2.24) is 20.2 Å². The van der Waals surface area contributed by atoms with E-state index in [2.05, 4.69) is 22.4 Å². The third-order valence-corrected chi connectivity index (χ3v) is 3.75. The van der Waals surface area contributed by atoms with Gasteiger partial charge in [0, 0.05) is 5.69 Å². The van der Waals surface area contributed by atoms with Gasteiger partial charge in [-0.15, -0.1) is 5.10 Å². The summed E-state index contributed by atoms with van der Waals surface area (Å²) in [6.07, 6.45) is 3.76. The molecule has 1 unspecified atom stereocenters. The lowest BCUT2D eigenvalue weighted by atomic mass is 10.1. The maximum Gasteiger partial charge on any atom is 0.186 e. The molecule has 3 rings (SSSR count). The summed E-state index contributed by atoms with van der Waals surface area (Å²) in [4.78, 5) is 0. The van der Waals surface area contributed by atoms with E-state index in [1.807, 2.05) is 22.9 Å². The second-order valence-electron chi connectivity index (χ2n) is 5.43. The molecule has 106 valence electrons. The highest BCUT2D eigenvalue weighted by molar-refractivity contribution is 5.68. The molecule has 1 aromatic carbocycles. The number of aromatic nitrogens is 4. The smallest absolute Gasteiger partial charge is 0.186 e. The first kappa shape index (κ1) is 12.9. The van der Waals surface area contributed by atoms with Crippen molar-refractivity contribution in [2.24, 2.45) is 5.92 Å². The molecule has 0 saturated heterocycles. The number of hydrogen-bond acceptors (Lipinski definition) is 5. The van der Waals surface area contributed by atoms with Crippen LogP contribution in [0.2, 0.25) is 0 Å². The summed E-state index contributed by atoms with van der Waals surface area (Å²) in [5, 5.41) is 12.1. The molecule has 1 saturated carbocycles. The molecule has 2 aromatic rings. The molecule has 6 nitrogen and oxygen atoms in total. The number of methoxy groups -OCH3 is 1. The minimum Gasteiger partial charge on any atom is -0.496 e. The van der Waals surface area contributed by atoms with Crippen LogP contribution in [0.5, 0.6) is 5.75 Å². The first-order valence-corrected chi connectivity index (χ1v) is 6.90. The van der Waals surface area contributed by atoms with E-state index in [1.165, 1.54) is 12.8 Å². The summed E-state index contributed by atoms with van der Waals surface area (Å²) in [5.41, 5.74) is 7.38. The molecule has 6 heteroatoms. The Morgan fingerprint density at radius 3 is 2.95 bits per heavy atom. The first-order valence-electron chi connectivity index (χ1n) is 6.90. The first-order chi connectivity index (χ1) is 9.69. The van der Waals surface area contributed by atoms with E-state index in [-0.39, 0.29) is 6.04 Å². The molecule has 2 N–H and O–H groups in total. The molecule has 0 amide bonds. The lowest BCUT2D eigenvalue weighted by molar-refractivity contribution is 0.411. The van der Waals surface area contributed by atoms with Crippen LogP contribution in [0.3, 0.4) is 0 Å². The minimum absolute atomic E-state index is 0.277. The molecular formula is C14H19N5O. The number of hydrogen-bond donors (Lipinski definition) is 1. The molecule has 0 radical (unpaired) electrons. The summed E-state index contributed by atoms with van der Waals surface area (Å²) in [6.45, 7) is 2.15. The second kappa shape index (κ2) is 5.11. The number of rotatable bonds is 5. The van der Waals surface area contributed by atoms with Crippen LogP contribution in [-0.2, 0) is 0 Å². The van der Waals surface area contributed by atoms with Crippen LogP contribution in [0.1, 0.15) is 32.2 Å². The molecule has 1 aliphatic carbocycles. The third-order valence-electron chi connectivity index (χ3n) is 3.75. The van der Waals surface area contributed by atoms with Crippen LogP contribution in [0, 0.1) is 5.92 Å². The Hall–Kier alpha value is -2.11. The van der Waals surface area contributed by atoms with Gasteiger partial charge >= 0.3 is 0 Å². The van der Waals surface area contributed by atoms with Crippen molar-refractivity contribution in [2.45, 2.75) is 32.2 Å². The Morgan fingerprint density at radius 2 is 2.25 bits per heavy atom. The van der Waals surface area contributed by atoms with E-state index in [1.54, 1.807) is 7.11 Å². The van der Waals surface area contributed by atoms with Crippen LogP contribution >= 0.6 is 0 Å². The summed E-state index contributed by atoms with van der Waals surface area (Å²) in [7, 11) is 1.64. The quantitative estimate of drug-likeness (QED) is 0.845. The average Bonchev–Trinajstić information content (AvgIpc) is 3.11. The number of nitrogen functional groups attached to an aromatic ring is 1. The van der Waals surface area contributed by atoms with Crippen molar-refractivity contribution in [3.63, 3.8) is 0 Å². The molecule has 0 aliphatic heterocycles. The molecule has 1 heterocycles. The predicted molar refractivity (Wildman–Crippen MR) is 76.3 cm³/mol. The van der Waals surface area contributed by atoms with Gasteiger partial charge < -0.3 is 10.5 Å². The van der Waals surface area contributed by atoms with Gasteiger partial charge in [0.05, 0.1) is 18.7 Å². The van der Waals surface area contributed by atoms with Crippen LogP contribution in [-0.4, -0.2) is 27.3 Å². The predicted octanol–water partition coefficient (Wildman–Crippen LogP) is 2.29. The van der Waals surface area contributed by atoms with Crippen LogP contribution in [0.15, 0.2) is 18.2 Å². The van der Waals surface area contributed by atoms with Gasteiger partial charge in [-0.2, -0.15) is 0 Å². The van der Waals surface area contributed by atoms with Crippen molar-refractivity contribution in [2.75, 3.05) is 12.8 Å². The van der Waals surface area contributed by atoms with Gasteiger partial charge in [0.25, 0.3) is 0 Å². The molecule has 1 atom stereocenters. The largest absolute Gasteiger partial charge is 0.496 e. The molecule has 1 aromatic heterocycles. The van der Waals surface area contributed by atoms with E-state index in [4.69, 9.17) is 10.5 Å². The van der Waals surface area contributed by atoms with Gasteiger partial charge in [-0.05, 0) is 47.9 Å². The Morgan fingerprint density at radius 1 is 1.45 bits per heavy atom. The fourth-order valence-electron chi connectivity index (χ4n) is 2.50. The number of ether oxygens (including phenoxy) is 1. The monoisotopic (exact) mass is 273 g/mol. The highest BCUT2D eigenvalue weighted by Crippen LogP contribution is 2.38. The maximum absolute atomic E-state index is 5.87. The topological polar surface area (TPSA) is 78.8 Å². The van der Waals surface area contributed by atoms with Gasteiger partial charge in [-0.25, -0.2) is 4.68 Å². The van der Waals surface area contributed by atoms with Crippen molar-refractivity contribution < 1.29 is 4.74 Å². The molecule has 0 spiro atoms. The molecule has 1 fully saturated rings. The highest BCUT2D eigenvalue weighted by Gasteiger charge is 2.26. The molecule has 20 heavy (non-hydrogen) atoms. The van der Waals surface area contributed by atoms with Crippen LogP contribution in [0.4, 0.5) is 5.69 Å². The third kappa shape index (κ3) is 2.45. The van der Waals surface area contributed by atoms with Gasteiger partial charge in [-0.3, -0.25) is 0 Å². The van der Waals surface area contributed by atoms with E-state index in [0.29, 0.717) is 11.5 Å². The summed E-state index contributed by atoms with van der Waals surface area (Å²) >= 11 is 0. The number of nitrogens with two attached hydrogens (primary N) is 1. The number of benzene rings is 1. The highest BCUT2D eigenvalue weighted by atomic mass is 16.5. The number of tetrazole rings is 1. The zero-order chi connectivity index (χ0) is 14.1. The Labute approximate surface area is 117 Å². The minimum atomic E-state index is 0.277. The molecule has 1 aliphatic rings. The Kier molecular flexibility index (Phi) is 3.30. The van der Waals surface area contributed by atoms with Crippen LogP contribution in [0.25, 0.3) is 11.4 Å². The van der Waals surface area contributed by atoms with Gasteiger partial charge in [0.15, 0.2) is 5.82 Å². The molecular weight excluding hydrogens is 254 g/mol. The lowest BCUT2D eigenvalue weighted by Crippen LogP contribution is -2.10. The average molecular weight is 273 g/mol. The van der Waals surface area contributed by atoms with Crippen molar-refractivity contribution in [1.29, 1.82) is 0 Å². The van der Waals surface area contributed by atoms with Crippen LogP contribution < -0.4 is 10.5 Å². The Bertz CT molecular complexity index is 605. The lowest BCUT2D eigenvalue weighted by Gasteiger charge is -2.14. The van der Waals surface area contributed by atoms with Crippen molar-refractivity contribution in [3.8, 4) is 17.1 Å². The van der Waals surface area contributed by atoms with E-state index < -0.39 is 0 Å². The number of nitrogens with zero attached hydrogens (tertiary/aromatic N) is 4. The standard InChI is InChI=1S/C14H19N5O/c1-9(7-10-3-4-10)19-14(16-17-18-19)12-8-11(15)5-6-13(12)20-2/h5-6,8-10H,3-4,7,15H2,1-2H3. The maximum atomic E-state index is 5.87. The van der Waals surface area contributed by atoms with Gasteiger partial charge in [0.1, 0.15) is 5.75 Å². The van der Waals surface area contributed by atoms with Crippen molar-refractivity contribution >= 4 is 5.69 Å². The van der Waals surface area contributed by atoms with E-state index in [0.717, 1.165) is 23.7 Å².